The predicted molar refractivity (Wildman–Crippen MR) is 144 cm³/mol. The van der Waals surface area contributed by atoms with E-state index in [1.165, 1.54) is 44.1 Å². The molecule has 4 aliphatic rings. The number of allylic oxidation sites excluding steroid dienone is 8. The van der Waals surface area contributed by atoms with E-state index in [9.17, 15) is 0 Å². The van der Waals surface area contributed by atoms with E-state index < -0.39 is 0 Å². The van der Waals surface area contributed by atoms with E-state index in [-0.39, 0.29) is 5.41 Å². The summed E-state index contributed by atoms with van der Waals surface area (Å²) < 4.78 is 0. The van der Waals surface area contributed by atoms with Crippen LogP contribution < -0.4 is 10.7 Å². The van der Waals surface area contributed by atoms with Crippen LogP contribution in [-0.2, 0) is 0 Å². The van der Waals surface area contributed by atoms with E-state index in [4.69, 9.17) is 0 Å². The van der Waals surface area contributed by atoms with Crippen LogP contribution in [-0.4, -0.2) is 16.7 Å². The van der Waals surface area contributed by atoms with Crippen LogP contribution in [0.15, 0.2) is 95.8 Å². The topological polar surface area (TPSA) is 62.2 Å². The number of fused-ring (bicyclic) bond motifs is 5. The van der Waals surface area contributed by atoms with Gasteiger partial charge in [0.25, 0.3) is 0 Å². The van der Waals surface area contributed by atoms with Crippen molar-refractivity contribution in [1.82, 2.24) is 15.4 Å². The number of nitrogens with one attached hydrogen (secondary N) is 2. The van der Waals surface area contributed by atoms with Gasteiger partial charge in [-0.25, -0.2) is 4.98 Å². The fourth-order valence-electron chi connectivity index (χ4n) is 7.29. The maximum atomic E-state index is 4.37. The second-order valence-electron chi connectivity index (χ2n) is 10.4. The smallest absolute Gasteiger partial charge is 0.148 e. The highest BCUT2D eigenvalue weighted by Gasteiger charge is 2.56. The summed E-state index contributed by atoms with van der Waals surface area (Å²) in [6, 6.07) is 0. The van der Waals surface area contributed by atoms with Gasteiger partial charge in [-0.05, 0) is 84.8 Å². The van der Waals surface area contributed by atoms with E-state index in [1.54, 1.807) is 29.7 Å². The molecule has 0 aromatic carbocycles. The second kappa shape index (κ2) is 10.2. The van der Waals surface area contributed by atoms with Crippen LogP contribution in [0.1, 0.15) is 51.4 Å². The third kappa shape index (κ3) is 4.56. The van der Waals surface area contributed by atoms with Gasteiger partial charge in [0.1, 0.15) is 5.82 Å². The summed E-state index contributed by atoms with van der Waals surface area (Å²) in [6.45, 7) is 12.2. The highest BCUT2D eigenvalue weighted by atomic mass is 15.3. The van der Waals surface area contributed by atoms with Crippen molar-refractivity contribution in [2.24, 2.45) is 34.2 Å². The molecule has 35 heavy (non-hydrogen) atoms. The number of aromatic nitrogens is 2. The van der Waals surface area contributed by atoms with Gasteiger partial charge in [-0.3, -0.25) is 10.4 Å². The van der Waals surface area contributed by atoms with Crippen molar-refractivity contribution in [3.8, 4) is 0 Å². The Morgan fingerprint density at radius 2 is 2.11 bits per heavy atom. The summed E-state index contributed by atoms with van der Waals surface area (Å²) >= 11 is 0. The molecule has 4 aliphatic carbocycles. The predicted octanol–water partition coefficient (Wildman–Crippen LogP) is 6.71. The van der Waals surface area contributed by atoms with Crippen LogP contribution in [0.4, 0.5) is 5.82 Å². The van der Waals surface area contributed by atoms with Crippen molar-refractivity contribution >= 4 is 12.5 Å². The summed E-state index contributed by atoms with van der Waals surface area (Å²) in [5.74, 6) is 3.00. The second-order valence-corrected chi connectivity index (χ2v) is 10.4. The molecule has 1 aromatic heterocycles. The number of rotatable bonds is 8. The third-order valence-electron chi connectivity index (χ3n) is 8.67. The van der Waals surface area contributed by atoms with Gasteiger partial charge in [0.2, 0.25) is 0 Å². The van der Waals surface area contributed by atoms with Crippen LogP contribution in [0.2, 0.25) is 0 Å². The maximum absolute atomic E-state index is 4.37. The Morgan fingerprint density at radius 3 is 2.91 bits per heavy atom. The lowest BCUT2D eigenvalue weighted by Gasteiger charge is -2.51. The van der Waals surface area contributed by atoms with Gasteiger partial charge in [0, 0.05) is 43.3 Å². The highest BCUT2D eigenvalue weighted by Crippen LogP contribution is 2.65. The van der Waals surface area contributed by atoms with Crippen molar-refractivity contribution in [3.63, 3.8) is 0 Å². The van der Waals surface area contributed by atoms with Crippen molar-refractivity contribution in [1.29, 1.82) is 0 Å². The Kier molecular flexibility index (Phi) is 6.85. The summed E-state index contributed by atoms with van der Waals surface area (Å²) in [5, 5.41) is 7.18. The largest absolute Gasteiger partial charge is 0.343 e. The molecule has 3 saturated carbocycles. The number of hydrazone groups is 1. The lowest BCUT2D eigenvalue weighted by atomic mass is 9.53. The van der Waals surface area contributed by atoms with Gasteiger partial charge in [0.15, 0.2) is 0 Å². The molecule has 1 aromatic rings. The van der Waals surface area contributed by atoms with Crippen molar-refractivity contribution in [2.75, 3.05) is 5.32 Å². The molecule has 0 bridgehead atoms. The van der Waals surface area contributed by atoms with Crippen LogP contribution in [0, 0.1) is 29.1 Å². The fraction of sp³-hybridized carbons (Fsp3) is 0.433. The standard InChI is InChI=1S/C30H37N5/c1-4-30-15-14-26-24-10-6-5-9-22(24)12-13-27(26)29(30)25(23(18-30)19-34-31-3)11-7-8-21(2)35-28-20-32-16-17-33-28/h4,7,9-11,16-17,19-20,25-27,29,34H,1-3,5-6,8,12-15,18H2,(H,33,35)/b11-7-,23-19+. The minimum Gasteiger partial charge on any atom is -0.343 e. The lowest BCUT2D eigenvalue weighted by molar-refractivity contribution is 0.0499. The summed E-state index contributed by atoms with van der Waals surface area (Å²) in [6.07, 6.45) is 28.3. The van der Waals surface area contributed by atoms with Gasteiger partial charge >= 0.3 is 0 Å². The third-order valence-corrected chi connectivity index (χ3v) is 8.67. The van der Waals surface area contributed by atoms with Gasteiger partial charge in [-0.2, -0.15) is 5.10 Å². The van der Waals surface area contributed by atoms with Crippen LogP contribution >= 0.6 is 0 Å². The van der Waals surface area contributed by atoms with E-state index in [1.807, 2.05) is 0 Å². The molecule has 5 heteroatoms. The Bertz CT molecular complexity index is 1100. The van der Waals surface area contributed by atoms with Crippen molar-refractivity contribution in [2.45, 2.75) is 51.4 Å². The minimum atomic E-state index is 0.149. The van der Waals surface area contributed by atoms with Crippen LogP contribution in [0.5, 0.6) is 0 Å². The molecule has 5 rings (SSSR count). The molecule has 0 aliphatic heterocycles. The van der Waals surface area contributed by atoms with E-state index >= 15 is 0 Å². The molecule has 182 valence electrons. The maximum Gasteiger partial charge on any atom is 0.148 e. The molecule has 0 spiro atoms. The monoisotopic (exact) mass is 467 g/mol. The number of hydrogen-bond acceptors (Lipinski definition) is 5. The molecule has 2 N–H and O–H groups in total. The molecule has 5 unspecified atom stereocenters. The Balaban J connectivity index is 1.40. The summed E-state index contributed by atoms with van der Waals surface area (Å²) in [7, 11) is 0. The van der Waals surface area contributed by atoms with E-state index in [0.717, 1.165) is 24.4 Å². The molecular formula is C30H37N5. The average molecular weight is 468 g/mol. The molecule has 5 nitrogen and oxygen atoms in total. The van der Waals surface area contributed by atoms with E-state index in [0.29, 0.717) is 23.7 Å². The zero-order valence-electron chi connectivity index (χ0n) is 20.6. The lowest BCUT2D eigenvalue weighted by Crippen LogP contribution is -2.43. The quantitative estimate of drug-likeness (QED) is 0.253. The molecule has 1 heterocycles. The Morgan fingerprint density at radius 1 is 1.23 bits per heavy atom. The summed E-state index contributed by atoms with van der Waals surface area (Å²) in [4.78, 5) is 8.41. The van der Waals surface area contributed by atoms with Gasteiger partial charge < -0.3 is 5.32 Å². The zero-order chi connectivity index (χ0) is 24.3. The minimum absolute atomic E-state index is 0.149. The first-order valence-corrected chi connectivity index (χ1v) is 13.0. The van der Waals surface area contributed by atoms with Gasteiger partial charge in [-0.1, -0.05) is 37.0 Å². The van der Waals surface area contributed by atoms with Crippen LogP contribution in [0.3, 0.4) is 0 Å². The molecule has 5 atom stereocenters. The van der Waals surface area contributed by atoms with Crippen LogP contribution in [0.25, 0.3) is 0 Å². The highest BCUT2D eigenvalue weighted by molar-refractivity contribution is 5.42. The first-order chi connectivity index (χ1) is 17.1. The number of anilines is 1. The number of nitrogens with zero attached hydrogens (tertiary/aromatic N) is 3. The number of hydrogen-bond donors (Lipinski definition) is 2. The molecule has 0 radical (unpaired) electrons. The average Bonchev–Trinajstić information content (AvgIpc) is 3.22. The Hall–Kier alpha value is -3.21. The molecular weight excluding hydrogens is 430 g/mol. The van der Waals surface area contributed by atoms with Crippen molar-refractivity contribution < 1.29 is 0 Å². The zero-order valence-corrected chi connectivity index (χ0v) is 20.6. The Labute approximate surface area is 209 Å². The molecule has 0 saturated heterocycles. The van der Waals surface area contributed by atoms with Gasteiger partial charge in [-0.15, -0.1) is 6.58 Å². The SMILES string of the molecule is C=CC12CCC3C4=CCCC=C4CCC3C1C(/C=C\CC(=C)Nc1cnccn1)/C(=C/NN=C)C2. The first-order valence-electron chi connectivity index (χ1n) is 13.0. The van der Waals surface area contributed by atoms with E-state index in [2.05, 4.69) is 82.3 Å². The molecule has 0 amide bonds. The molecule has 3 fully saturated rings. The summed E-state index contributed by atoms with van der Waals surface area (Å²) in [5.41, 5.74) is 8.80. The first kappa shape index (κ1) is 23.5. The van der Waals surface area contributed by atoms with Gasteiger partial charge in [0.05, 0.1) is 6.20 Å². The fourth-order valence-corrected chi connectivity index (χ4v) is 7.29. The normalized spacial score (nSPS) is 32.6. The van der Waals surface area contributed by atoms with Crippen molar-refractivity contribution in [3.05, 3.63) is 90.7 Å².